The van der Waals surface area contributed by atoms with Crippen molar-refractivity contribution in [1.29, 1.82) is 0 Å². The Bertz CT molecular complexity index is 677. The van der Waals surface area contributed by atoms with E-state index in [1.807, 2.05) is 35.2 Å². The first-order valence-electron chi connectivity index (χ1n) is 8.49. The SMILES string of the molecule is O=C(c1ccccc1)N1CCC(c2nc(C3CCCC3)no2)C1. The molecule has 2 fully saturated rings. The largest absolute Gasteiger partial charge is 0.339 e. The molecule has 1 atom stereocenters. The topological polar surface area (TPSA) is 59.2 Å². The van der Waals surface area contributed by atoms with Gasteiger partial charge in [-0.1, -0.05) is 36.2 Å². The summed E-state index contributed by atoms with van der Waals surface area (Å²) < 4.78 is 5.50. The minimum atomic E-state index is 0.0867. The van der Waals surface area contributed by atoms with Crippen LogP contribution in [0.5, 0.6) is 0 Å². The number of hydrogen-bond acceptors (Lipinski definition) is 4. The third-order valence-corrected chi connectivity index (χ3v) is 5.02. The summed E-state index contributed by atoms with van der Waals surface area (Å²) in [5, 5.41) is 4.18. The highest BCUT2D eigenvalue weighted by Crippen LogP contribution is 2.34. The molecule has 1 aliphatic carbocycles. The minimum Gasteiger partial charge on any atom is -0.339 e. The van der Waals surface area contributed by atoms with Crippen molar-refractivity contribution in [2.24, 2.45) is 0 Å². The van der Waals surface area contributed by atoms with Crippen LogP contribution in [0.25, 0.3) is 0 Å². The van der Waals surface area contributed by atoms with Crippen molar-refractivity contribution in [3.63, 3.8) is 0 Å². The minimum absolute atomic E-state index is 0.0867. The monoisotopic (exact) mass is 311 g/mol. The summed E-state index contributed by atoms with van der Waals surface area (Å²) in [6, 6.07) is 9.44. The molecule has 2 aliphatic rings. The van der Waals surface area contributed by atoms with Gasteiger partial charge < -0.3 is 9.42 Å². The zero-order chi connectivity index (χ0) is 15.6. The summed E-state index contributed by atoms with van der Waals surface area (Å²) in [6.07, 6.45) is 5.75. The predicted octanol–water partition coefficient (Wildman–Crippen LogP) is 3.36. The maximum absolute atomic E-state index is 12.5. The molecule has 5 heteroatoms. The lowest BCUT2D eigenvalue weighted by atomic mass is 10.1. The lowest BCUT2D eigenvalue weighted by molar-refractivity contribution is 0.0789. The van der Waals surface area contributed by atoms with Gasteiger partial charge in [-0.3, -0.25) is 4.79 Å². The average molecular weight is 311 g/mol. The van der Waals surface area contributed by atoms with Crippen LogP contribution in [0.15, 0.2) is 34.9 Å². The van der Waals surface area contributed by atoms with Crippen LogP contribution in [0.1, 0.15) is 66.0 Å². The molecule has 5 nitrogen and oxygen atoms in total. The first kappa shape index (κ1) is 14.4. The van der Waals surface area contributed by atoms with E-state index in [2.05, 4.69) is 10.1 Å². The fourth-order valence-corrected chi connectivity index (χ4v) is 3.67. The molecule has 0 radical (unpaired) electrons. The molecule has 0 N–H and O–H groups in total. The number of nitrogens with zero attached hydrogens (tertiary/aromatic N) is 3. The molecule has 0 spiro atoms. The summed E-state index contributed by atoms with van der Waals surface area (Å²) in [6.45, 7) is 1.42. The van der Waals surface area contributed by atoms with E-state index in [0.717, 1.165) is 24.4 Å². The zero-order valence-electron chi connectivity index (χ0n) is 13.1. The molecule has 2 aromatic rings. The van der Waals surface area contributed by atoms with Crippen molar-refractivity contribution in [3.05, 3.63) is 47.6 Å². The van der Waals surface area contributed by atoms with Gasteiger partial charge in [-0.2, -0.15) is 4.98 Å². The Labute approximate surface area is 135 Å². The van der Waals surface area contributed by atoms with Crippen molar-refractivity contribution < 1.29 is 9.32 Å². The standard InChI is InChI=1S/C18H21N3O2/c22-18(14-8-2-1-3-9-14)21-11-10-15(12-21)17-19-16(20-23-17)13-6-4-5-7-13/h1-3,8-9,13,15H,4-7,10-12H2. The van der Waals surface area contributed by atoms with E-state index in [4.69, 9.17) is 4.52 Å². The molecule has 23 heavy (non-hydrogen) atoms. The van der Waals surface area contributed by atoms with Crippen LogP contribution in [0.4, 0.5) is 0 Å². The second-order valence-electron chi connectivity index (χ2n) is 6.57. The summed E-state index contributed by atoms with van der Waals surface area (Å²) >= 11 is 0. The van der Waals surface area contributed by atoms with Crippen molar-refractivity contribution in [2.45, 2.75) is 43.9 Å². The van der Waals surface area contributed by atoms with Crippen molar-refractivity contribution in [3.8, 4) is 0 Å². The van der Waals surface area contributed by atoms with Gasteiger partial charge in [0, 0.05) is 24.6 Å². The number of likely N-dealkylation sites (tertiary alicyclic amines) is 1. The van der Waals surface area contributed by atoms with Crippen LogP contribution >= 0.6 is 0 Å². The Morgan fingerprint density at radius 3 is 2.65 bits per heavy atom. The molecule has 120 valence electrons. The normalized spacial score (nSPS) is 21.9. The number of benzene rings is 1. The van der Waals surface area contributed by atoms with Gasteiger partial charge in [-0.05, 0) is 31.4 Å². The fraction of sp³-hybridized carbons (Fsp3) is 0.500. The summed E-state index contributed by atoms with van der Waals surface area (Å²) in [4.78, 5) is 19.0. The predicted molar refractivity (Wildman–Crippen MR) is 85.2 cm³/mol. The number of amides is 1. The van der Waals surface area contributed by atoms with Crippen LogP contribution in [0.3, 0.4) is 0 Å². The van der Waals surface area contributed by atoms with E-state index in [1.54, 1.807) is 0 Å². The molecule has 1 aromatic carbocycles. The van der Waals surface area contributed by atoms with Gasteiger partial charge in [0.05, 0.1) is 5.92 Å². The van der Waals surface area contributed by atoms with Crippen molar-refractivity contribution >= 4 is 5.91 Å². The Morgan fingerprint density at radius 2 is 1.87 bits per heavy atom. The van der Waals surface area contributed by atoms with Gasteiger partial charge in [-0.25, -0.2) is 0 Å². The first-order chi connectivity index (χ1) is 11.3. The van der Waals surface area contributed by atoms with E-state index in [1.165, 1.54) is 25.7 Å². The van der Waals surface area contributed by atoms with Crippen LogP contribution in [0, 0.1) is 0 Å². The molecule has 1 aromatic heterocycles. The number of carbonyl (C=O) groups excluding carboxylic acids is 1. The quantitative estimate of drug-likeness (QED) is 0.872. The molecule has 1 saturated carbocycles. The summed E-state index contributed by atoms with van der Waals surface area (Å²) in [5.41, 5.74) is 0.741. The highest BCUT2D eigenvalue weighted by molar-refractivity contribution is 5.94. The van der Waals surface area contributed by atoms with Gasteiger partial charge in [0.25, 0.3) is 5.91 Å². The van der Waals surface area contributed by atoms with Gasteiger partial charge in [0.2, 0.25) is 5.89 Å². The smallest absolute Gasteiger partial charge is 0.253 e. The second kappa shape index (κ2) is 6.14. The van der Waals surface area contributed by atoms with Crippen LogP contribution in [0.2, 0.25) is 0 Å². The molecule has 1 amide bonds. The van der Waals surface area contributed by atoms with Crippen LogP contribution < -0.4 is 0 Å². The third-order valence-electron chi connectivity index (χ3n) is 5.02. The molecule has 2 heterocycles. The molecular weight excluding hydrogens is 290 g/mol. The number of aromatic nitrogens is 2. The maximum atomic E-state index is 12.5. The van der Waals surface area contributed by atoms with E-state index >= 15 is 0 Å². The molecule has 4 rings (SSSR count). The Kier molecular flexibility index (Phi) is 3.85. The fourth-order valence-electron chi connectivity index (χ4n) is 3.67. The Morgan fingerprint density at radius 1 is 1.09 bits per heavy atom. The lowest BCUT2D eigenvalue weighted by Gasteiger charge is -2.15. The number of carbonyl (C=O) groups is 1. The van der Waals surface area contributed by atoms with Gasteiger partial charge in [0.1, 0.15) is 0 Å². The number of rotatable bonds is 3. The molecule has 1 saturated heterocycles. The Hall–Kier alpha value is -2.17. The maximum Gasteiger partial charge on any atom is 0.253 e. The lowest BCUT2D eigenvalue weighted by Crippen LogP contribution is -2.28. The van der Waals surface area contributed by atoms with E-state index < -0.39 is 0 Å². The zero-order valence-corrected chi connectivity index (χ0v) is 13.1. The molecular formula is C18H21N3O2. The van der Waals surface area contributed by atoms with Gasteiger partial charge in [0.15, 0.2) is 5.82 Å². The highest BCUT2D eigenvalue weighted by atomic mass is 16.5. The third kappa shape index (κ3) is 2.87. The van der Waals surface area contributed by atoms with Gasteiger partial charge in [-0.15, -0.1) is 0 Å². The summed E-state index contributed by atoms with van der Waals surface area (Å²) in [5.74, 6) is 2.30. The van der Waals surface area contributed by atoms with Crippen molar-refractivity contribution in [2.75, 3.05) is 13.1 Å². The molecule has 0 bridgehead atoms. The van der Waals surface area contributed by atoms with Gasteiger partial charge >= 0.3 is 0 Å². The highest BCUT2D eigenvalue weighted by Gasteiger charge is 2.32. The van der Waals surface area contributed by atoms with Crippen LogP contribution in [-0.2, 0) is 0 Å². The van der Waals surface area contributed by atoms with E-state index in [-0.39, 0.29) is 11.8 Å². The second-order valence-corrected chi connectivity index (χ2v) is 6.57. The summed E-state index contributed by atoms with van der Waals surface area (Å²) in [7, 11) is 0. The molecule has 1 unspecified atom stereocenters. The van der Waals surface area contributed by atoms with Crippen molar-refractivity contribution in [1.82, 2.24) is 15.0 Å². The molecule has 1 aliphatic heterocycles. The first-order valence-corrected chi connectivity index (χ1v) is 8.49. The number of hydrogen-bond donors (Lipinski definition) is 0. The van der Waals surface area contributed by atoms with Crippen LogP contribution in [-0.4, -0.2) is 34.0 Å². The van der Waals surface area contributed by atoms with E-state index in [0.29, 0.717) is 18.4 Å². The average Bonchev–Trinajstić information content (AvgIpc) is 3.34. The Balaban J connectivity index is 1.43. The van der Waals surface area contributed by atoms with E-state index in [9.17, 15) is 4.79 Å².